The number of halogens is 3. The van der Waals surface area contributed by atoms with Crippen molar-refractivity contribution in [1.82, 2.24) is 9.47 Å². The first-order chi connectivity index (χ1) is 17.0. The molecule has 2 atom stereocenters. The first-order valence-electron chi connectivity index (χ1n) is 11.4. The van der Waals surface area contributed by atoms with Crippen molar-refractivity contribution in [2.24, 2.45) is 0 Å². The lowest BCUT2D eigenvalue weighted by molar-refractivity contribution is -0.137. The van der Waals surface area contributed by atoms with Gasteiger partial charge in [-0.25, -0.2) is 0 Å². The van der Waals surface area contributed by atoms with E-state index in [1.165, 1.54) is 17.0 Å². The molecule has 1 aliphatic rings. The minimum Gasteiger partial charge on any atom is -0.387 e. The normalized spacial score (nSPS) is 16.7. The van der Waals surface area contributed by atoms with Crippen LogP contribution in [0.2, 0.25) is 0 Å². The van der Waals surface area contributed by atoms with E-state index in [2.05, 4.69) is 5.32 Å². The van der Waals surface area contributed by atoms with Gasteiger partial charge in [0.15, 0.2) is 0 Å². The zero-order valence-corrected chi connectivity index (χ0v) is 20.1. The molecule has 10 heteroatoms. The highest BCUT2D eigenvalue weighted by Crippen LogP contribution is 2.33. The van der Waals surface area contributed by atoms with E-state index in [9.17, 15) is 27.9 Å². The fourth-order valence-corrected chi connectivity index (χ4v) is 4.31. The van der Waals surface area contributed by atoms with Crippen molar-refractivity contribution in [3.63, 3.8) is 0 Å². The van der Waals surface area contributed by atoms with E-state index in [1.54, 1.807) is 41.1 Å². The van der Waals surface area contributed by atoms with Crippen LogP contribution in [0.4, 0.5) is 24.5 Å². The SMILES string of the molecule is C[C@H]1CN(c2ccc(C(F)(F)F)cc2)C(=O)c2c(C(=O)Nc3cccc(C(O)CN(C)C)c3)ccn21. The summed E-state index contributed by atoms with van der Waals surface area (Å²) in [6, 6.07) is 12.6. The van der Waals surface area contributed by atoms with E-state index in [-0.39, 0.29) is 23.8 Å². The van der Waals surface area contributed by atoms with Gasteiger partial charge >= 0.3 is 6.18 Å². The number of anilines is 2. The summed E-state index contributed by atoms with van der Waals surface area (Å²) in [7, 11) is 3.69. The van der Waals surface area contributed by atoms with Crippen molar-refractivity contribution in [3.05, 3.63) is 83.2 Å². The first-order valence-corrected chi connectivity index (χ1v) is 11.4. The zero-order chi connectivity index (χ0) is 26.2. The van der Waals surface area contributed by atoms with E-state index in [0.717, 1.165) is 12.1 Å². The number of aliphatic hydroxyl groups excluding tert-OH is 1. The van der Waals surface area contributed by atoms with Gasteiger partial charge in [0, 0.05) is 36.7 Å². The second kappa shape index (κ2) is 9.79. The van der Waals surface area contributed by atoms with Crippen molar-refractivity contribution in [3.8, 4) is 0 Å². The molecule has 1 aromatic heterocycles. The Morgan fingerprint density at radius 1 is 1.17 bits per heavy atom. The number of carbonyl (C=O) groups excluding carboxylic acids is 2. The maximum absolute atomic E-state index is 13.4. The molecule has 0 saturated carbocycles. The molecule has 4 rings (SSSR count). The smallest absolute Gasteiger partial charge is 0.387 e. The van der Waals surface area contributed by atoms with Crippen LogP contribution in [-0.2, 0) is 6.18 Å². The Morgan fingerprint density at radius 3 is 2.50 bits per heavy atom. The zero-order valence-electron chi connectivity index (χ0n) is 20.1. The van der Waals surface area contributed by atoms with Gasteiger partial charge in [-0.3, -0.25) is 9.59 Å². The fraction of sp³-hybridized carbons (Fsp3) is 0.308. The Hall–Kier alpha value is -3.63. The lowest BCUT2D eigenvalue weighted by Crippen LogP contribution is -2.43. The summed E-state index contributed by atoms with van der Waals surface area (Å²) in [5.41, 5.74) is 0.939. The number of rotatable bonds is 6. The molecule has 36 heavy (non-hydrogen) atoms. The van der Waals surface area contributed by atoms with Crippen LogP contribution in [0.3, 0.4) is 0 Å². The molecule has 3 aromatic rings. The Balaban J connectivity index is 1.58. The quantitative estimate of drug-likeness (QED) is 0.520. The van der Waals surface area contributed by atoms with Crippen LogP contribution >= 0.6 is 0 Å². The lowest BCUT2D eigenvalue weighted by atomic mass is 10.1. The number of carbonyl (C=O) groups is 2. The maximum atomic E-state index is 13.4. The average Bonchev–Trinajstić information content (AvgIpc) is 3.27. The Morgan fingerprint density at radius 2 is 1.86 bits per heavy atom. The van der Waals surface area contributed by atoms with Gasteiger partial charge in [0.05, 0.1) is 17.2 Å². The van der Waals surface area contributed by atoms with Gasteiger partial charge in [-0.05, 0) is 69.0 Å². The first kappa shape index (κ1) is 25.5. The van der Waals surface area contributed by atoms with Crippen LogP contribution in [0.25, 0.3) is 0 Å². The predicted octanol–water partition coefficient (Wildman–Crippen LogP) is 4.58. The Kier molecular flexibility index (Phi) is 6.92. The molecule has 0 spiro atoms. The number of aromatic nitrogens is 1. The molecule has 1 unspecified atom stereocenters. The number of alkyl halides is 3. The number of fused-ring (bicyclic) bond motifs is 1. The van der Waals surface area contributed by atoms with E-state index >= 15 is 0 Å². The van der Waals surface area contributed by atoms with Gasteiger partial charge in [-0.1, -0.05) is 12.1 Å². The highest BCUT2D eigenvalue weighted by molar-refractivity contribution is 6.16. The summed E-state index contributed by atoms with van der Waals surface area (Å²) >= 11 is 0. The summed E-state index contributed by atoms with van der Waals surface area (Å²) < 4.78 is 40.6. The number of aliphatic hydroxyl groups is 1. The third-order valence-electron chi connectivity index (χ3n) is 6.10. The number of benzene rings is 2. The summed E-state index contributed by atoms with van der Waals surface area (Å²) in [5, 5.41) is 13.2. The number of hydrogen-bond donors (Lipinski definition) is 2. The lowest BCUT2D eigenvalue weighted by Gasteiger charge is -2.33. The summed E-state index contributed by atoms with van der Waals surface area (Å²) in [6.45, 7) is 2.53. The molecule has 2 aromatic carbocycles. The molecule has 2 amide bonds. The molecule has 0 bridgehead atoms. The van der Waals surface area contributed by atoms with Crippen LogP contribution in [0.5, 0.6) is 0 Å². The molecule has 1 aliphatic heterocycles. The molecule has 0 aliphatic carbocycles. The molecule has 0 fully saturated rings. The fourth-order valence-electron chi connectivity index (χ4n) is 4.31. The molecule has 2 heterocycles. The molecule has 2 N–H and O–H groups in total. The second-order valence-corrected chi connectivity index (χ2v) is 9.15. The standard InChI is InChI=1S/C26H27F3N4O3/c1-16-14-33(20-9-7-18(8-10-20)26(27,28)29)25(36)23-21(11-12-32(16)23)24(35)30-19-6-4-5-17(13-19)22(34)15-31(2)3/h4-13,16,22,34H,14-15H2,1-3H3,(H,30,35)/t16-,22?/m0/s1. The number of nitrogens with zero attached hydrogens (tertiary/aromatic N) is 3. The van der Waals surface area contributed by atoms with Crippen molar-refractivity contribution < 1.29 is 27.9 Å². The maximum Gasteiger partial charge on any atom is 0.416 e. The van der Waals surface area contributed by atoms with Crippen LogP contribution in [-0.4, -0.2) is 53.6 Å². The van der Waals surface area contributed by atoms with Gasteiger partial charge in [0.2, 0.25) is 0 Å². The minimum absolute atomic E-state index is 0.155. The van der Waals surface area contributed by atoms with Gasteiger partial charge < -0.3 is 24.8 Å². The summed E-state index contributed by atoms with van der Waals surface area (Å²) in [4.78, 5) is 29.8. The summed E-state index contributed by atoms with van der Waals surface area (Å²) in [5.74, 6) is -0.976. The number of likely N-dealkylation sites (N-methyl/N-ethyl adjacent to an activating group) is 1. The van der Waals surface area contributed by atoms with Crippen molar-refractivity contribution in [2.45, 2.75) is 25.2 Å². The van der Waals surface area contributed by atoms with Crippen LogP contribution in [0, 0.1) is 0 Å². The molecule has 190 valence electrons. The number of amides is 2. The topological polar surface area (TPSA) is 77.8 Å². The second-order valence-electron chi connectivity index (χ2n) is 9.15. The van der Waals surface area contributed by atoms with Crippen LogP contribution in [0.1, 0.15) is 51.0 Å². The largest absolute Gasteiger partial charge is 0.416 e. The monoisotopic (exact) mass is 500 g/mol. The van der Waals surface area contributed by atoms with E-state index < -0.39 is 29.7 Å². The molecular weight excluding hydrogens is 473 g/mol. The molecule has 0 radical (unpaired) electrons. The van der Waals surface area contributed by atoms with Gasteiger partial charge in [-0.2, -0.15) is 13.2 Å². The van der Waals surface area contributed by atoms with Crippen LogP contribution in [0.15, 0.2) is 60.8 Å². The Labute approximate surface area is 206 Å². The van der Waals surface area contributed by atoms with E-state index in [1.807, 2.05) is 25.9 Å². The third kappa shape index (κ3) is 5.14. The molecular formula is C26H27F3N4O3. The van der Waals surface area contributed by atoms with Gasteiger partial charge in [0.25, 0.3) is 11.8 Å². The Bertz CT molecular complexity index is 1270. The molecule has 7 nitrogen and oxygen atoms in total. The van der Waals surface area contributed by atoms with Gasteiger partial charge in [0.1, 0.15) is 5.69 Å². The predicted molar refractivity (Wildman–Crippen MR) is 130 cm³/mol. The van der Waals surface area contributed by atoms with Crippen molar-refractivity contribution in [2.75, 3.05) is 37.4 Å². The van der Waals surface area contributed by atoms with Gasteiger partial charge in [-0.15, -0.1) is 0 Å². The van der Waals surface area contributed by atoms with Crippen molar-refractivity contribution in [1.29, 1.82) is 0 Å². The number of nitrogens with one attached hydrogen (secondary N) is 1. The van der Waals surface area contributed by atoms with Crippen LogP contribution < -0.4 is 10.2 Å². The van der Waals surface area contributed by atoms with E-state index in [4.69, 9.17) is 0 Å². The van der Waals surface area contributed by atoms with Crippen molar-refractivity contribution >= 4 is 23.2 Å². The highest BCUT2D eigenvalue weighted by Gasteiger charge is 2.35. The highest BCUT2D eigenvalue weighted by atomic mass is 19.4. The number of hydrogen-bond acceptors (Lipinski definition) is 4. The third-order valence-corrected chi connectivity index (χ3v) is 6.10. The average molecular weight is 501 g/mol. The molecule has 0 saturated heterocycles. The van der Waals surface area contributed by atoms with E-state index in [0.29, 0.717) is 23.5 Å². The summed E-state index contributed by atoms with van der Waals surface area (Å²) in [6.07, 6.45) is -3.55. The minimum atomic E-state index is -4.47.